The molecule has 0 fully saturated rings. The van der Waals surface area contributed by atoms with Gasteiger partial charge in [-0.05, 0) is 89.9 Å². The van der Waals surface area contributed by atoms with E-state index in [1.54, 1.807) is 0 Å². The number of esters is 2. The molecule has 0 spiro atoms. The highest BCUT2D eigenvalue weighted by molar-refractivity contribution is 7.46. The number of phosphoric acid groups is 1. The van der Waals surface area contributed by atoms with E-state index in [0.29, 0.717) is 12.8 Å². The van der Waals surface area contributed by atoms with E-state index in [1.165, 1.54) is 64.2 Å². The summed E-state index contributed by atoms with van der Waals surface area (Å²) in [6.07, 6.45) is 65.6. The molecule has 0 aliphatic heterocycles. The average Bonchev–Trinajstić information content (AvgIpc) is 3.25. The van der Waals surface area contributed by atoms with E-state index < -0.39 is 32.5 Å². The minimum atomic E-state index is -4.77. The highest BCUT2D eigenvalue weighted by Crippen LogP contribution is 2.36. The second-order valence-electron chi connectivity index (χ2n) is 16.0. The van der Waals surface area contributed by atoms with Crippen molar-refractivity contribution in [1.29, 1.82) is 0 Å². The first-order chi connectivity index (χ1) is 30.3. The zero-order valence-electron chi connectivity index (χ0n) is 39.2. The van der Waals surface area contributed by atoms with Crippen molar-refractivity contribution in [2.75, 3.05) is 13.2 Å². The van der Waals surface area contributed by atoms with Crippen molar-refractivity contribution in [1.82, 2.24) is 0 Å². The zero-order chi connectivity index (χ0) is 45.3. The van der Waals surface area contributed by atoms with Crippen LogP contribution in [-0.4, -0.2) is 41.0 Å². The maximum Gasteiger partial charge on any atom is 0.469 e. The van der Waals surface area contributed by atoms with Crippen LogP contribution in [0.15, 0.2) is 97.2 Å². The van der Waals surface area contributed by atoms with Crippen LogP contribution in [-0.2, 0) is 28.2 Å². The predicted molar refractivity (Wildman–Crippen MR) is 262 cm³/mol. The van der Waals surface area contributed by atoms with E-state index in [-0.39, 0.29) is 19.4 Å². The van der Waals surface area contributed by atoms with Crippen molar-refractivity contribution >= 4 is 19.8 Å². The summed E-state index contributed by atoms with van der Waals surface area (Å²) in [5, 5.41) is 0. The summed E-state index contributed by atoms with van der Waals surface area (Å²) in [5.74, 6) is -0.903. The Labute approximate surface area is 379 Å². The minimum Gasteiger partial charge on any atom is -0.462 e. The molecule has 1 atom stereocenters. The van der Waals surface area contributed by atoms with E-state index >= 15 is 0 Å². The maximum absolute atomic E-state index is 12.5. The molecule has 2 N–H and O–H groups in total. The molecule has 0 heterocycles. The lowest BCUT2D eigenvalue weighted by Gasteiger charge is -2.18. The Morgan fingerprint density at radius 3 is 1.08 bits per heavy atom. The summed E-state index contributed by atoms with van der Waals surface area (Å²) in [6.45, 7) is 3.46. The molecule has 0 bridgehead atoms. The van der Waals surface area contributed by atoms with E-state index in [1.807, 2.05) is 0 Å². The first-order valence-corrected chi connectivity index (χ1v) is 26.1. The normalized spacial score (nSPS) is 13.3. The summed E-state index contributed by atoms with van der Waals surface area (Å²) in [7, 11) is -4.77. The van der Waals surface area contributed by atoms with Crippen molar-refractivity contribution in [2.45, 2.75) is 213 Å². The van der Waals surface area contributed by atoms with Crippen LogP contribution in [0.1, 0.15) is 206 Å². The number of phosphoric ester groups is 1. The van der Waals surface area contributed by atoms with Gasteiger partial charge in [-0.15, -0.1) is 0 Å². The Hall–Kier alpha value is -3.03. The molecule has 0 aromatic heterocycles. The third-order valence-corrected chi connectivity index (χ3v) is 10.6. The Morgan fingerprint density at radius 1 is 0.419 bits per heavy atom. The van der Waals surface area contributed by atoms with Gasteiger partial charge < -0.3 is 19.3 Å². The number of hydrogen-bond donors (Lipinski definition) is 2. The lowest BCUT2D eigenvalue weighted by Crippen LogP contribution is -2.29. The van der Waals surface area contributed by atoms with E-state index in [0.717, 1.165) is 103 Å². The van der Waals surface area contributed by atoms with Crippen molar-refractivity contribution in [3.05, 3.63) is 97.2 Å². The number of rotatable bonds is 44. The van der Waals surface area contributed by atoms with Gasteiger partial charge in [-0.1, -0.05) is 201 Å². The average molecular weight is 885 g/mol. The third kappa shape index (κ3) is 49.6. The Morgan fingerprint density at radius 2 is 0.726 bits per heavy atom. The fraction of sp³-hybridized carbons (Fsp3) is 0.660. The summed E-state index contributed by atoms with van der Waals surface area (Å²) < 4.78 is 26.5. The van der Waals surface area contributed by atoms with E-state index in [9.17, 15) is 14.2 Å². The van der Waals surface area contributed by atoms with Gasteiger partial charge in [0.15, 0.2) is 6.10 Å². The highest BCUT2D eigenvalue weighted by Gasteiger charge is 2.23. The molecular formula is C53H89O8P. The van der Waals surface area contributed by atoms with Gasteiger partial charge in [-0.3, -0.25) is 14.1 Å². The molecule has 9 heteroatoms. The summed E-state index contributed by atoms with van der Waals surface area (Å²) >= 11 is 0. The topological polar surface area (TPSA) is 119 Å². The van der Waals surface area contributed by atoms with Crippen LogP contribution in [0.4, 0.5) is 0 Å². The number of carbonyl (C=O) groups is 2. The molecule has 1 unspecified atom stereocenters. The number of ether oxygens (including phenoxy) is 2. The molecule has 0 aromatic carbocycles. The number of hydrogen-bond acceptors (Lipinski definition) is 6. The predicted octanol–water partition coefficient (Wildman–Crippen LogP) is 15.7. The fourth-order valence-corrected chi connectivity index (χ4v) is 6.89. The first kappa shape index (κ1) is 59.0. The van der Waals surface area contributed by atoms with Crippen molar-refractivity contribution in [2.24, 2.45) is 0 Å². The molecule has 0 saturated heterocycles. The van der Waals surface area contributed by atoms with Gasteiger partial charge in [-0.2, -0.15) is 0 Å². The molecule has 354 valence electrons. The molecule has 0 saturated carbocycles. The Bertz CT molecular complexity index is 1320. The van der Waals surface area contributed by atoms with Gasteiger partial charge in [-0.25, -0.2) is 4.57 Å². The SMILES string of the molecule is CC/C=C\C/C=C\C/C=C\C/C=C\CCCCCCCCCCCCC(=O)OC(COC(=O)CCCCCCCCCC/C=C\C/C=C\C/C=C\C/C=C\CC)COP(=O)(O)O. The largest absolute Gasteiger partial charge is 0.469 e. The zero-order valence-corrected chi connectivity index (χ0v) is 40.1. The number of carbonyl (C=O) groups excluding carboxylic acids is 2. The van der Waals surface area contributed by atoms with Crippen LogP contribution in [0.3, 0.4) is 0 Å². The molecular weight excluding hydrogens is 796 g/mol. The van der Waals surface area contributed by atoms with Crippen LogP contribution in [0.25, 0.3) is 0 Å². The summed E-state index contributed by atoms with van der Waals surface area (Å²) in [5.41, 5.74) is 0. The van der Waals surface area contributed by atoms with Gasteiger partial charge in [0, 0.05) is 12.8 Å². The van der Waals surface area contributed by atoms with Gasteiger partial charge >= 0.3 is 19.8 Å². The summed E-state index contributed by atoms with van der Waals surface area (Å²) in [4.78, 5) is 43.1. The molecule has 0 rings (SSSR count). The fourth-order valence-electron chi connectivity index (χ4n) is 6.53. The summed E-state index contributed by atoms with van der Waals surface area (Å²) in [6, 6.07) is 0. The van der Waals surface area contributed by atoms with Crippen LogP contribution in [0.5, 0.6) is 0 Å². The Kier molecular flexibility index (Phi) is 45.1. The van der Waals surface area contributed by atoms with E-state index in [2.05, 4.69) is 116 Å². The van der Waals surface area contributed by atoms with Crippen LogP contribution < -0.4 is 0 Å². The van der Waals surface area contributed by atoms with Crippen molar-refractivity contribution in [3.63, 3.8) is 0 Å². The number of unbranched alkanes of at least 4 members (excludes halogenated alkanes) is 18. The molecule has 0 aromatic rings. The third-order valence-electron chi connectivity index (χ3n) is 10.1. The second kappa shape index (κ2) is 47.4. The smallest absolute Gasteiger partial charge is 0.462 e. The molecule has 62 heavy (non-hydrogen) atoms. The van der Waals surface area contributed by atoms with Gasteiger partial charge in [0.2, 0.25) is 0 Å². The minimum absolute atomic E-state index is 0.199. The first-order valence-electron chi connectivity index (χ1n) is 24.5. The van der Waals surface area contributed by atoms with Gasteiger partial charge in [0.1, 0.15) is 6.61 Å². The van der Waals surface area contributed by atoms with Gasteiger partial charge in [0.25, 0.3) is 0 Å². The van der Waals surface area contributed by atoms with Crippen LogP contribution >= 0.6 is 7.82 Å². The standard InChI is InChI=1S/C53H89O8P/c1-3-5-7-9-11-13-15-17-19-21-23-25-26-28-30-32-34-36-38-40-42-44-46-48-53(55)61-51(50-60-62(56,57)58)49-59-52(54)47-45-43-41-39-37-35-33-31-29-27-24-22-20-18-16-14-12-10-8-6-4-2/h5-8,11-14,17-20,23-25,27,51H,3-4,9-10,15-16,21-22,26,28-50H2,1-2H3,(H2,56,57,58)/b7-5-,8-6-,13-11-,14-12-,19-17-,20-18-,25-23-,27-24-. The molecule has 0 aliphatic carbocycles. The van der Waals surface area contributed by atoms with Crippen molar-refractivity contribution < 1.29 is 37.9 Å². The molecule has 0 amide bonds. The second-order valence-corrected chi connectivity index (χ2v) is 17.3. The molecule has 0 aliphatic rings. The lowest BCUT2D eigenvalue weighted by molar-refractivity contribution is -0.161. The quantitative estimate of drug-likeness (QED) is 0.0269. The van der Waals surface area contributed by atoms with Crippen molar-refractivity contribution in [3.8, 4) is 0 Å². The monoisotopic (exact) mass is 885 g/mol. The van der Waals surface area contributed by atoms with Crippen LogP contribution in [0, 0.1) is 0 Å². The Balaban J connectivity index is 3.88. The highest BCUT2D eigenvalue weighted by atomic mass is 31.2. The van der Waals surface area contributed by atoms with E-state index in [4.69, 9.17) is 19.3 Å². The molecule has 0 radical (unpaired) electrons. The number of allylic oxidation sites excluding steroid dienone is 16. The van der Waals surface area contributed by atoms with Gasteiger partial charge in [0.05, 0.1) is 6.61 Å². The lowest BCUT2D eigenvalue weighted by atomic mass is 10.0. The maximum atomic E-state index is 12.5. The van der Waals surface area contributed by atoms with Crippen LogP contribution in [0.2, 0.25) is 0 Å². The molecule has 8 nitrogen and oxygen atoms in total.